The van der Waals surface area contributed by atoms with Gasteiger partial charge in [-0.3, -0.25) is 0 Å². The number of tetrazole rings is 1. The van der Waals surface area contributed by atoms with E-state index in [0.29, 0.717) is 5.16 Å². The molecule has 0 spiro atoms. The van der Waals surface area contributed by atoms with Gasteiger partial charge in [0.05, 0.1) is 5.69 Å². The van der Waals surface area contributed by atoms with Crippen molar-refractivity contribution in [1.29, 1.82) is 0 Å². The Morgan fingerprint density at radius 3 is 2.73 bits per heavy atom. The highest BCUT2D eigenvalue weighted by Gasteiger charge is 2.09. The number of thiocarbonyl (C=S) groups is 1. The lowest BCUT2D eigenvalue weighted by molar-refractivity contribution is 0.757. The molecular weight excluding hydrogens is 252 g/mol. The molecule has 0 aliphatic carbocycles. The van der Waals surface area contributed by atoms with E-state index >= 15 is 0 Å². The van der Waals surface area contributed by atoms with E-state index in [9.17, 15) is 0 Å². The summed E-state index contributed by atoms with van der Waals surface area (Å²) in [6.07, 6.45) is 0. The van der Waals surface area contributed by atoms with E-state index < -0.39 is 0 Å². The summed E-state index contributed by atoms with van der Waals surface area (Å²) >= 11 is 11.5. The third-order valence-electron chi connectivity index (χ3n) is 1.61. The second-order valence-electron chi connectivity index (χ2n) is 2.55. The fourth-order valence-corrected chi connectivity index (χ4v) is 1.93. The van der Waals surface area contributed by atoms with Crippen LogP contribution in [-0.2, 0) is 0 Å². The van der Waals surface area contributed by atoms with Crippen molar-refractivity contribution >= 4 is 39.2 Å². The van der Waals surface area contributed by atoms with Gasteiger partial charge in [0.2, 0.25) is 5.16 Å². The summed E-state index contributed by atoms with van der Waals surface area (Å²) in [4.78, 5) is 0. The minimum atomic E-state index is 0.266. The maximum atomic E-state index is 5.61. The molecule has 1 heterocycles. The summed E-state index contributed by atoms with van der Waals surface area (Å²) in [6.45, 7) is 0. The number of aromatic nitrogens is 4. The van der Waals surface area contributed by atoms with Gasteiger partial charge in [-0.1, -0.05) is 42.0 Å². The van der Waals surface area contributed by atoms with Crippen molar-refractivity contribution in [3.05, 3.63) is 30.3 Å². The van der Waals surface area contributed by atoms with Gasteiger partial charge < -0.3 is 0 Å². The number of halogens is 1. The molecule has 1 aromatic carbocycles. The van der Waals surface area contributed by atoms with Crippen molar-refractivity contribution in [2.24, 2.45) is 0 Å². The van der Waals surface area contributed by atoms with Gasteiger partial charge in [-0.15, -0.1) is 5.10 Å². The Morgan fingerprint density at radius 1 is 1.33 bits per heavy atom. The first-order valence-corrected chi connectivity index (χ1v) is 5.59. The molecule has 0 unspecified atom stereocenters. The smallest absolute Gasteiger partial charge is 0.187 e. The van der Waals surface area contributed by atoms with Crippen molar-refractivity contribution in [1.82, 2.24) is 20.2 Å². The van der Waals surface area contributed by atoms with Gasteiger partial charge >= 0.3 is 0 Å². The molecule has 0 bridgehead atoms. The van der Waals surface area contributed by atoms with Gasteiger partial charge in [-0.05, 0) is 34.3 Å². The van der Waals surface area contributed by atoms with Gasteiger partial charge in [-0.25, -0.2) is 0 Å². The Balaban J connectivity index is 2.37. The summed E-state index contributed by atoms with van der Waals surface area (Å²) in [5, 5.41) is 11.8. The first-order valence-electron chi connectivity index (χ1n) is 3.98. The van der Waals surface area contributed by atoms with Crippen molar-refractivity contribution in [3.8, 4) is 5.69 Å². The average Bonchev–Trinajstić information content (AvgIpc) is 2.66. The summed E-state index contributed by atoms with van der Waals surface area (Å²) in [5.74, 6) is 0. The molecule has 15 heavy (non-hydrogen) atoms. The molecule has 0 saturated heterocycles. The Labute approximate surface area is 101 Å². The van der Waals surface area contributed by atoms with Gasteiger partial charge in [0.15, 0.2) is 0 Å². The molecule has 0 N–H and O–H groups in total. The number of thioether (sulfide) groups is 1. The fourth-order valence-electron chi connectivity index (χ4n) is 1.05. The van der Waals surface area contributed by atoms with Crippen LogP contribution in [0.25, 0.3) is 5.69 Å². The van der Waals surface area contributed by atoms with Crippen molar-refractivity contribution < 1.29 is 0 Å². The minimum Gasteiger partial charge on any atom is -0.187 e. The van der Waals surface area contributed by atoms with Gasteiger partial charge in [-0.2, -0.15) is 4.68 Å². The molecule has 76 valence electrons. The Kier molecular flexibility index (Phi) is 3.30. The minimum absolute atomic E-state index is 0.266. The average molecular weight is 257 g/mol. The molecule has 2 rings (SSSR count). The van der Waals surface area contributed by atoms with Crippen molar-refractivity contribution in [2.45, 2.75) is 5.16 Å². The van der Waals surface area contributed by atoms with E-state index in [-0.39, 0.29) is 3.66 Å². The highest BCUT2D eigenvalue weighted by atomic mass is 35.5. The van der Waals surface area contributed by atoms with Crippen molar-refractivity contribution in [2.75, 3.05) is 0 Å². The maximum Gasteiger partial charge on any atom is 0.220 e. The number of benzene rings is 1. The second kappa shape index (κ2) is 4.69. The third-order valence-corrected chi connectivity index (χ3v) is 2.69. The number of nitrogens with zero attached hydrogens (tertiary/aromatic N) is 4. The molecule has 0 saturated carbocycles. The molecule has 0 amide bonds. The van der Waals surface area contributed by atoms with Crippen LogP contribution in [0.3, 0.4) is 0 Å². The van der Waals surface area contributed by atoms with E-state index in [1.54, 1.807) is 4.68 Å². The normalized spacial score (nSPS) is 10.2. The van der Waals surface area contributed by atoms with Crippen LogP contribution in [0.5, 0.6) is 0 Å². The second-order valence-corrected chi connectivity index (χ2v) is 5.02. The van der Waals surface area contributed by atoms with E-state index in [2.05, 4.69) is 15.5 Å². The molecule has 0 fully saturated rings. The lowest BCUT2D eigenvalue weighted by atomic mass is 10.3. The highest BCUT2D eigenvalue weighted by molar-refractivity contribution is 8.26. The highest BCUT2D eigenvalue weighted by Crippen LogP contribution is 2.20. The predicted octanol–water partition coefficient (Wildman–Crippen LogP) is 2.28. The Hall–Kier alpha value is -0.980. The van der Waals surface area contributed by atoms with Crippen LogP contribution < -0.4 is 0 Å². The van der Waals surface area contributed by atoms with Crippen LogP contribution in [0.1, 0.15) is 0 Å². The Morgan fingerprint density at radius 2 is 2.07 bits per heavy atom. The van der Waals surface area contributed by atoms with Crippen LogP contribution in [0.2, 0.25) is 0 Å². The van der Waals surface area contributed by atoms with E-state index in [1.165, 1.54) is 0 Å². The van der Waals surface area contributed by atoms with E-state index in [4.69, 9.17) is 23.8 Å². The lowest BCUT2D eigenvalue weighted by Crippen LogP contribution is -1.98. The maximum absolute atomic E-state index is 5.61. The van der Waals surface area contributed by atoms with Crippen LogP contribution in [0, 0.1) is 0 Å². The fraction of sp³-hybridized carbons (Fsp3) is 0. The molecule has 4 nitrogen and oxygen atoms in total. The zero-order chi connectivity index (χ0) is 10.7. The summed E-state index contributed by atoms with van der Waals surface area (Å²) in [5.41, 5.74) is 0.873. The zero-order valence-corrected chi connectivity index (χ0v) is 9.76. The van der Waals surface area contributed by atoms with E-state index in [0.717, 1.165) is 17.4 Å². The van der Waals surface area contributed by atoms with Crippen LogP contribution >= 0.6 is 35.6 Å². The topological polar surface area (TPSA) is 43.6 Å². The number of hydrogen-bond donors (Lipinski definition) is 0. The monoisotopic (exact) mass is 256 g/mol. The van der Waals surface area contributed by atoms with Gasteiger partial charge in [0, 0.05) is 0 Å². The first kappa shape index (κ1) is 10.5. The molecule has 1 aromatic heterocycles. The first-order chi connectivity index (χ1) is 7.27. The molecule has 2 aromatic rings. The number of rotatable bonds is 2. The van der Waals surface area contributed by atoms with Crippen LogP contribution in [0.4, 0.5) is 0 Å². The molecule has 7 heteroatoms. The van der Waals surface area contributed by atoms with Crippen LogP contribution in [0.15, 0.2) is 35.5 Å². The Bertz CT molecular complexity index is 471. The van der Waals surface area contributed by atoms with Crippen molar-refractivity contribution in [3.63, 3.8) is 0 Å². The SMILES string of the molecule is S=C(Cl)Sc1nnnn1-c1ccccc1. The summed E-state index contributed by atoms with van der Waals surface area (Å²) < 4.78 is 1.85. The largest absolute Gasteiger partial charge is 0.220 e. The lowest BCUT2D eigenvalue weighted by Gasteiger charge is -2.01. The number of hydrogen-bond acceptors (Lipinski definition) is 5. The molecule has 0 radical (unpaired) electrons. The number of para-hydroxylation sites is 1. The quantitative estimate of drug-likeness (QED) is 0.469. The standard InChI is InChI=1S/C8H5ClN4S2/c9-7(14)15-8-10-11-12-13(8)6-4-2-1-3-5-6/h1-5H. The van der Waals surface area contributed by atoms with Crippen LogP contribution in [-0.4, -0.2) is 23.9 Å². The molecular formula is C8H5ClN4S2. The third kappa shape index (κ3) is 2.53. The summed E-state index contributed by atoms with van der Waals surface area (Å²) in [6, 6.07) is 9.54. The summed E-state index contributed by atoms with van der Waals surface area (Å²) in [7, 11) is 0. The van der Waals surface area contributed by atoms with Gasteiger partial charge in [0.1, 0.15) is 3.66 Å². The molecule has 0 aliphatic rings. The van der Waals surface area contributed by atoms with Gasteiger partial charge in [0.25, 0.3) is 0 Å². The van der Waals surface area contributed by atoms with E-state index in [1.807, 2.05) is 30.3 Å². The zero-order valence-electron chi connectivity index (χ0n) is 7.37. The predicted molar refractivity (Wildman–Crippen MR) is 63.5 cm³/mol. The molecule has 0 atom stereocenters. The molecule has 0 aliphatic heterocycles.